The minimum atomic E-state index is -0.745. The summed E-state index contributed by atoms with van der Waals surface area (Å²) in [5.74, 6) is 0. The molecule has 9 nitrogen and oxygen atoms in total. The average Bonchev–Trinajstić information content (AvgIpc) is 2.98. The lowest BCUT2D eigenvalue weighted by Gasteiger charge is -2.14. The molecule has 0 aliphatic heterocycles. The number of aliphatic hydroxyl groups is 1. The first-order chi connectivity index (χ1) is 11.0. The Balaban J connectivity index is 2.08. The van der Waals surface area contributed by atoms with Crippen LogP contribution in [0.15, 0.2) is 35.0 Å². The van der Waals surface area contributed by atoms with Gasteiger partial charge in [0.1, 0.15) is 0 Å². The number of nitrogens with one attached hydrogen (secondary N) is 1. The Kier molecular flexibility index (Phi) is 3.54. The summed E-state index contributed by atoms with van der Waals surface area (Å²) in [5.41, 5.74) is 8.00. The Labute approximate surface area is 129 Å². The standard InChI is InChI=1S/C14H13N5O4/c1-7(20)9-6-8(15)2-3-10(9)16-11-4-5-12(19(21)22)14-13(11)17-23-18-14/h2-7,16,20H,15H2,1H3. The van der Waals surface area contributed by atoms with Gasteiger partial charge in [0.25, 0.3) is 0 Å². The van der Waals surface area contributed by atoms with Crippen molar-refractivity contribution in [2.24, 2.45) is 0 Å². The summed E-state index contributed by atoms with van der Waals surface area (Å²) in [6.07, 6.45) is -0.745. The van der Waals surface area contributed by atoms with Gasteiger partial charge in [-0.2, -0.15) is 0 Å². The lowest BCUT2D eigenvalue weighted by atomic mass is 10.1. The van der Waals surface area contributed by atoms with Crippen LogP contribution in [0.5, 0.6) is 0 Å². The molecule has 0 aliphatic rings. The molecule has 1 aromatic heterocycles. The van der Waals surface area contributed by atoms with Crippen LogP contribution in [-0.2, 0) is 0 Å². The lowest BCUT2D eigenvalue weighted by molar-refractivity contribution is -0.383. The number of non-ortho nitro benzene ring substituents is 1. The van der Waals surface area contributed by atoms with E-state index < -0.39 is 11.0 Å². The van der Waals surface area contributed by atoms with Crippen LogP contribution in [0.25, 0.3) is 11.0 Å². The molecule has 118 valence electrons. The molecule has 0 bridgehead atoms. The van der Waals surface area contributed by atoms with Gasteiger partial charge in [-0.1, -0.05) is 0 Å². The fraction of sp³-hybridized carbons (Fsp3) is 0.143. The van der Waals surface area contributed by atoms with E-state index in [1.165, 1.54) is 12.1 Å². The summed E-state index contributed by atoms with van der Waals surface area (Å²) in [5, 5.41) is 31.2. The molecule has 3 aromatic rings. The van der Waals surface area contributed by atoms with Crippen LogP contribution < -0.4 is 11.1 Å². The molecule has 23 heavy (non-hydrogen) atoms. The minimum absolute atomic E-state index is 0.0500. The van der Waals surface area contributed by atoms with Gasteiger partial charge in [-0.25, -0.2) is 4.63 Å². The van der Waals surface area contributed by atoms with Crippen molar-refractivity contribution in [3.63, 3.8) is 0 Å². The normalized spacial score (nSPS) is 12.3. The summed E-state index contributed by atoms with van der Waals surface area (Å²) < 4.78 is 4.62. The minimum Gasteiger partial charge on any atom is -0.399 e. The number of benzene rings is 2. The molecule has 1 unspecified atom stereocenters. The topological polar surface area (TPSA) is 140 Å². The van der Waals surface area contributed by atoms with Gasteiger partial charge in [-0.3, -0.25) is 10.1 Å². The number of hydrogen-bond acceptors (Lipinski definition) is 8. The van der Waals surface area contributed by atoms with E-state index in [0.29, 0.717) is 22.6 Å². The van der Waals surface area contributed by atoms with Gasteiger partial charge in [0.15, 0.2) is 5.52 Å². The first-order valence-corrected chi connectivity index (χ1v) is 6.71. The largest absolute Gasteiger partial charge is 0.399 e. The molecule has 1 atom stereocenters. The number of aromatic nitrogens is 2. The van der Waals surface area contributed by atoms with E-state index in [1.807, 2.05) is 0 Å². The summed E-state index contributed by atoms with van der Waals surface area (Å²) in [6, 6.07) is 7.85. The SMILES string of the molecule is CC(O)c1cc(N)ccc1Nc1ccc([N+](=O)[O-])c2nonc12. The molecule has 0 saturated heterocycles. The van der Waals surface area contributed by atoms with Crippen molar-refractivity contribution in [3.8, 4) is 0 Å². The molecule has 4 N–H and O–H groups in total. The van der Waals surface area contributed by atoms with E-state index in [2.05, 4.69) is 20.3 Å². The maximum atomic E-state index is 11.0. The number of nitrogen functional groups attached to an aromatic ring is 1. The number of fused-ring (bicyclic) bond motifs is 1. The summed E-state index contributed by atoms with van der Waals surface area (Å²) in [6.45, 7) is 1.61. The molecule has 3 rings (SSSR count). The highest BCUT2D eigenvalue weighted by Gasteiger charge is 2.20. The van der Waals surface area contributed by atoms with Crippen LogP contribution in [0.3, 0.4) is 0 Å². The number of anilines is 3. The monoisotopic (exact) mass is 315 g/mol. The van der Waals surface area contributed by atoms with Gasteiger partial charge in [-0.15, -0.1) is 0 Å². The number of rotatable bonds is 4. The third-order valence-corrected chi connectivity index (χ3v) is 3.39. The van der Waals surface area contributed by atoms with Crippen LogP contribution in [0.4, 0.5) is 22.7 Å². The van der Waals surface area contributed by atoms with Crippen molar-refractivity contribution >= 4 is 33.8 Å². The molecule has 0 radical (unpaired) electrons. The zero-order chi connectivity index (χ0) is 16.6. The van der Waals surface area contributed by atoms with Gasteiger partial charge >= 0.3 is 5.69 Å². The lowest BCUT2D eigenvalue weighted by Crippen LogP contribution is -2.02. The molecule has 2 aromatic carbocycles. The van der Waals surface area contributed by atoms with E-state index in [-0.39, 0.29) is 16.7 Å². The van der Waals surface area contributed by atoms with Crippen LogP contribution in [0.2, 0.25) is 0 Å². The Morgan fingerprint density at radius 2 is 1.96 bits per heavy atom. The van der Waals surface area contributed by atoms with Crippen molar-refractivity contribution in [3.05, 3.63) is 46.0 Å². The average molecular weight is 315 g/mol. The Bertz CT molecular complexity index is 890. The highest BCUT2D eigenvalue weighted by atomic mass is 16.6. The second-order valence-corrected chi connectivity index (χ2v) is 5.00. The second-order valence-electron chi connectivity index (χ2n) is 5.00. The molecule has 9 heteroatoms. The number of aliphatic hydroxyl groups excluding tert-OH is 1. The molecular weight excluding hydrogens is 302 g/mol. The van der Waals surface area contributed by atoms with E-state index in [9.17, 15) is 15.2 Å². The van der Waals surface area contributed by atoms with E-state index >= 15 is 0 Å². The molecule has 0 spiro atoms. The van der Waals surface area contributed by atoms with E-state index in [1.54, 1.807) is 25.1 Å². The highest BCUT2D eigenvalue weighted by Crippen LogP contribution is 2.33. The maximum Gasteiger partial charge on any atom is 0.300 e. The smallest absolute Gasteiger partial charge is 0.300 e. The van der Waals surface area contributed by atoms with Gasteiger partial charge in [0.05, 0.1) is 16.7 Å². The highest BCUT2D eigenvalue weighted by molar-refractivity contribution is 5.95. The van der Waals surface area contributed by atoms with E-state index in [0.717, 1.165) is 0 Å². The number of nitro groups is 1. The van der Waals surface area contributed by atoms with Gasteiger partial charge in [0, 0.05) is 23.0 Å². The van der Waals surface area contributed by atoms with E-state index in [4.69, 9.17) is 5.73 Å². The summed E-state index contributed by atoms with van der Waals surface area (Å²) in [4.78, 5) is 10.4. The zero-order valence-corrected chi connectivity index (χ0v) is 12.1. The Morgan fingerprint density at radius 3 is 2.65 bits per heavy atom. The number of hydrogen-bond donors (Lipinski definition) is 3. The number of nitro benzene ring substituents is 1. The molecule has 0 saturated carbocycles. The fourth-order valence-electron chi connectivity index (χ4n) is 2.29. The third-order valence-electron chi connectivity index (χ3n) is 3.39. The number of nitrogens with zero attached hydrogens (tertiary/aromatic N) is 3. The first kappa shape index (κ1) is 14.7. The second kappa shape index (κ2) is 5.54. The Hall–Kier alpha value is -3.20. The predicted molar refractivity (Wildman–Crippen MR) is 83.2 cm³/mol. The number of nitrogens with two attached hydrogens (primary N) is 1. The van der Waals surface area contributed by atoms with Crippen molar-refractivity contribution in [2.75, 3.05) is 11.1 Å². The molecule has 1 heterocycles. The Morgan fingerprint density at radius 1 is 1.26 bits per heavy atom. The third kappa shape index (κ3) is 2.64. The van der Waals surface area contributed by atoms with Crippen molar-refractivity contribution < 1.29 is 14.7 Å². The van der Waals surface area contributed by atoms with Gasteiger partial charge in [0.2, 0.25) is 5.52 Å². The predicted octanol–water partition coefficient (Wildman–Crippen LogP) is 2.51. The molecule has 0 aliphatic carbocycles. The fourth-order valence-corrected chi connectivity index (χ4v) is 2.29. The van der Waals surface area contributed by atoms with Crippen LogP contribution in [0.1, 0.15) is 18.6 Å². The molecular formula is C14H13N5O4. The quantitative estimate of drug-likeness (QED) is 0.379. The summed E-state index contributed by atoms with van der Waals surface area (Å²) >= 11 is 0. The molecule has 0 amide bonds. The van der Waals surface area contributed by atoms with Crippen LogP contribution >= 0.6 is 0 Å². The van der Waals surface area contributed by atoms with Crippen LogP contribution in [-0.4, -0.2) is 20.3 Å². The van der Waals surface area contributed by atoms with Crippen molar-refractivity contribution in [2.45, 2.75) is 13.0 Å². The summed E-state index contributed by atoms with van der Waals surface area (Å²) in [7, 11) is 0. The van der Waals surface area contributed by atoms with Crippen LogP contribution in [0, 0.1) is 10.1 Å². The zero-order valence-electron chi connectivity index (χ0n) is 12.1. The van der Waals surface area contributed by atoms with Crippen molar-refractivity contribution in [1.82, 2.24) is 10.3 Å². The van der Waals surface area contributed by atoms with Gasteiger partial charge in [-0.05, 0) is 41.5 Å². The van der Waals surface area contributed by atoms with Gasteiger partial charge < -0.3 is 16.2 Å². The first-order valence-electron chi connectivity index (χ1n) is 6.71. The maximum absolute atomic E-state index is 11.0. The van der Waals surface area contributed by atoms with Crippen molar-refractivity contribution in [1.29, 1.82) is 0 Å². The molecule has 0 fully saturated rings.